The van der Waals surface area contributed by atoms with Gasteiger partial charge in [-0.1, -0.05) is 0 Å². The lowest BCUT2D eigenvalue weighted by Gasteiger charge is -2.16. The summed E-state index contributed by atoms with van der Waals surface area (Å²) < 4.78 is 39.6. The number of nitriles is 1. The van der Waals surface area contributed by atoms with E-state index in [1.807, 2.05) is 13.8 Å². The van der Waals surface area contributed by atoms with Crippen molar-refractivity contribution in [2.45, 2.75) is 26.6 Å². The van der Waals surface area contributed by atoms with Crippen LogP contribution in [0.25, 0.3) is 0 Å². The van der Waals surface area contributed by atoms with Crippen LogP contribution >= 0.6 is 0 Å². The number of anilines is 1. The maximum Gasteiger partial charge on any atom is 0.573 e. The van der Waals surface area contributed by atoms with Crippen LogP contribution in [0.5, 0.6) is 5.75 Å². The predicted octanol–water partition coefficient (Wildman–Crippen LogP) is 3.94. The van der Waals surface area contributed by atoms with Gasteiger partial charge in [0.05, 0.1) is 11.5 Å². The molecule has 0 bridgehead atoms. The van der Waals surface area contributed by atoms with Gasteiger partial charge in [0.1, 0.15) is 5.75 Å². The molecule has 1 rings (SSSR count). The van der Waals surface area contributed by atoms with Gasteiger partial charge in [0.15, 0.2) is 0 Å². The fourth-order valence-corrected chi connectivity index (χ4v) is 1.35. The highest BCUT2D eigenvalue weighted by Gasteiger charge is 2.30. The third-order valence-electron chi connectivity index (χ3n) is 2.47. The Labute approximate surface area is 110 Å². The minimum atomic E-state index is -4.67. The Morgan fingerprint density at radius 2 is 1.79 bits per heavy atom. The Morgan fingerprint density at radius 1 is 1.21 bits per heavy atom. The topological polar surface area (TPSA) is 45.0 Å². The van der Waals surface area contributed by atoms with Gasteiger partial charge in [0.25, 0.3) is 0 Å². The first kappa shape index (κ1) is 15.2. The SMILES string of the molecule is CC(C)(C#N)CCNc1ccc(OC(F)(F)F)cc1. The molecule has 0 aliphatic heterocycles. The Hall–Kier alpha value is -1.90. The monoisotopic (exact) mass is 272 g/mol. The normalized spacial score (nSPS) is 11.8. The van der Waals surface area contributed by atoms with Crippen LogP contribution in [0.3, 0.4) is 0 Å². The van der Waals surface area contributed by atoms with Crippen molar-refractivity contribution in [3.05, 3.63) is 24.3 Å². The summed E-state index contributed by atoms with van der Waals surface area (Å²) in [5, 5.41) is 11.9. The zero-order valence-electron chi connectivity index (χ0n) is 10.7. The van der Waals surface area contributed by atoms with Crippen LogP contribution in [-0.4, -0.2) is 12.9 Å². The van der Waals surface area contributed by atoms with E-state index in [2.05, 4.69) is 16.1 Å². The molecule has 0 aromatic heterocycles. The van der Waals surface area contributed by atoms with Gasteiger partial charge in [-0.25, -0.2) is 0 Å². The molecule has 0 aliphatic rings. The van der Waals surface area contributed by atoms with E-state index in [1.54, 1.807) is 0 Å². The van der Waals surface area contributed by atoms with E-state index >= 15 is 0 Å². The van der Waals surface area contributed by atoms with Crippen molar-refractivity contribution in [3.63, 3.8) is 0 Å². The van der Waals surface area contributed by atoms with Gasteiger partial charge in [0.2, 0.25) is 0 Å². The van der Waals surface area contributed by atoms with Gasteiger partial charge in [0, 0.05) is 12.2 Å². The lowest BCUT2D eigenvalue weighted by atomic mass is 9.91. The van der Waals surface area contributed by atoms with Gasteiger partial charge < -0.3 is 10.1 Å². The summed E-state index contributed by atoms with van der Waals surface area (Å²) in [7, 11) is 0. The maximum atomic E-state index is 11.9. The second-order valence-electron chi connectivity index (χ2n) is 4.74. The van der Waals surface area contributed by atoms with Gasteiger partial charge >= 0.3 is 6.36 Å². The molecule has 19 heavy (non-hydrogen) atoms. The van der Waals surface area contributed by atoms with Crippen LogP contribution in [0.2, 0.25) is 0 Å². The van der Waals surface area contributed by atoms with Gasteiger partial charge in [-0.3, -0.25) is 0 Å². The van der Waals surface area contributed by atoms with E-state index in [0.717, 1.165) is 0 Å². The highest BCUT2D eigenvalue weighted by Crippen LogP contribution is 2.24. The second-order valence-corrected chi connectivity index (χ2v) is 4.74. The van der Waals surface area contributed by atoms with E-state index in [1.165, 1.54) is 24.3 Å². The van der Waals surface area contributed by atoms with E-state index in [0.29, 0.717) is 18.7 Å². The number of alkyl halides is 3. The molecule has 3 nitrogen and oxygen atoms in total. The third-order valence-corrected chi connectivity index (χ3v) is 2.47. The molecule has 0 heterocycles. The number of rotatable bonds is 5. The molecule has 0 unspecified atom stereocenters. The molecule has 1 aromatic carbocycles. The quantitative estimate of drug-likeness (QED) is 0.883. The van der Waals surface area contributed by atoms with Crippen molar-refractivity contribution < 1.29 is 17.9 Å². The Kier molecular flexibility index (Phi) is 4.65. The van der Waals surface area contributed by atoms with Crippen molar-refractivity contribution >= 4 is 5.69 Å². The van der Waals surface area contributed by atoms with E-state index < -0.39 is 11.8 Å². The number of nitrogens with one attached hydrogen (secondary N) is 1. The molecule has 1 N–H and O–H groups in total. The van der Waals surface area contributed by atoms with Crippen molar-refractivity contribution in [2.75, 3.05) is 11.9 Å². The summed E-state index contributed by atoms with van der Waals surface area (Å²) in [5.41, 5.74) is 0.259. The Balaban J connectivity index is 2.47. The average Bonchev–Trinajstić information content (AvgIpc) is 2.29. The minimum absolute atomic E-state index is 0.254. The predicted molar refractivity (Wildman–Crippen MR) is 65.6 cm³/mol. The zero-order chi connectivity index (χ0) is 14.5. The second kappa shape index (κ2) is 5.83. The fraction of sp³-hybridized carbons (Fsp3) is 0.462. The lowest BCUT2D eigenvalue weighted by Crippen LogP contribution is -2.17. The summed E-state index contributed by atoms with van der Waals surface area (Å²) >= 11 is 0. The van der Waals surface area contributed by atoms with Crippen LogP contribution in [0, 0.1) is 16.7 Å². The molecule has 0 saturated heterocycles. The largest absolute Gasteiger partial charge is 0.573 e. The third kappa shape index (κ3) is 6.00. The van der Waals surface area contributed by atoms with E-state index in [9.17, 15) is 13.2 Å². The highest BCUT2D eigenvalue weighted by atomic mass is 19.4. The average molecular weight is 272 g/mol. The van der Waals surface area contributed by atoms with E-state index in [4.69, 9.17) is 5.26 Å². The summed E-state index contributed by atoms with van der Waals surface area (Å²) in [6.07, 6.45) is -4.03. The summed E-state index contributed by atoms with van der Waals surface area (Å²) in [6, 6.07) is 7.66. The van der Waals surface area contributed by atoms with Crippen molar-refractivity contribution in [3.8, 4) is 11.8 Å². The van der Waals surface area contributed by atoms with E-state index in [-0.39, 0.29) is 5.75 Å². The summed E-state index contributed by atoms with van der Waals surface area (Å²) in [6.45, 7) is 4.23. The highest BCUT2D eigenvalue weighted by molar-refractivity contribution is 5.46. The first-order chi connectivity index (χ1) is 8.72. The first-order valence-electron chi connectivity index (χ1n) is 5.73. The molecule has 6 heteroatoms. The van der Waals surface area contributed by atoms with Crippen molar-refractivity contribution in [2.24, 2.45) is 5.41 Å². The van der Waals surface area contributed by atoms with Gasteiger partial charge in [-0.05, 0) is 44.5 Å². The molecule has 1 aromatic rings. The zero-order valence-corrected chi connectivity index (χ0v) is 10.7. The molecular weight excluding hydrogens is 257 g/mol. The van der Waals surface area contributed by atoms with Crippen LogP contribution < -0.4 is 10.1 Å². The molecule has 104 valence electrons. The molecule has 0 radical (unpaired) electrons. The molecule has 0 atom stereocenters. The minimum Gasteiger partial charge on any atom is -0.406 e. The van der Waals surface area contributed by atoms with Crippen molar-refractivity contribution in [1.82, 2.24) is 0 Å². The molecule has 0 aliphatic carbocycles. The van der Waals surface area contributed by atoms with Gasteiger partial charge in [-0.2, -0.15) is 5.26 Å². The van der Waals surface area contributed by atoms with Crippen LogP contribution in [-0.2, 0) is 0 Å². The molecule has 0 fully saturated rings. The maximum absolute atomic E-state index is 11.9. The number of hydrogen-bond donors (Lipinski definition) is 1. The number of halogens is 3. The smallest absolute Gasteiger partial charge is 0.406 e. The van der Waals surface area contributed by atoms with Crippen LogP contribution in [0.4, 0.5) is 18.9 Å². The lowest BCUT2D eigenvalue weighted by molar-refractivity contribution is -0.274. The summed E-state index contributed by atoms with van der Waals surface area (Å²) in [4.78, 5) is 0. The number of benzene rings is 1. The fourth-order valence-electron chi connectivity index (χ4n) is 1.35. The van der Waals surface area contributed by atoms with Crippen molar-refractivity contribution in [1.29, 1.82) is 5.26 Å². The number of nitrogens with zero attached hydrogens (tertiary/aromatic N) is 1. The van der Waals surface area contributed by atoms with Gasteiger partial charge in [-0.15, -0.1) is 13.2 Å². The number of ether oxygens (including phenoxy) is 1. The molecular formula is C13H15F3N2O. The first-order valence-corrected chi connectivity index (χ1v) is 5.73. The Morgan fingerprint density at radius 3 is 2.26 bits per heavy atom. The van der Waals surface area contributed by atoms with Crippen LogP contribution in [0.1, 0.15) is 20.3 Å². The molecule has 0 amide bonds. The standard InChI is InChI=1S/C13H15F3N2O/c1-12(2,9-17)7-8-18-10-3-5-11(6-4-10)19-13(14,15)16/h3-6,18H,7-8H2,1-2H3. The molecule has 0 spiro atoms. The summed E-state index contributed by atoms with van der Waals surface area (Å²) in [5.74, 6) is -0.254. The Bertz CT molecular complexity index is 446. The van der Waals surface area contributed by atoms with Crippen LogP contribution in [0.15, 0.2) is 24.3 Å². The molecule has 0 saturated carbocycles. The number of hydrogen-bond acceptors (Lipinski definition) is 3.